The molecule has 0 fully saturated rings. The van der Waals surface area contributed by atoms with Gasteiger partial charge in [0.05, 0.1) is 29.0 Å². The quantitative estimate of drug-likeness (QED) is 0.300. The highest BCUT2D eigenvalue weighted by Crippen LogP contribution is 2.33. The number of aryl methyl sites for hydroxylation is 1. The summed E-state index contributed by atoms with van der Waals surface area (Å²) in [7, 11) is 4.02. The van der Waals surface area contributed by atoms with Crippen molar-refractivity contribution < 1.29 is 4.79 Å². The fraction of sp³-hybridized carbons (Fsp3) is 0.222. The van der Waals surface area contributed by atoms with E-state index in [0.717, 1.165) is 46.9 Å². The molecule has 0 aliphatic rings. The Kier molecular flexibility index (Phi) is 7.02. The molecule has 0 amide bonds. The van der Waals surface area contributed by atoms with Crippen molar-refractivity contribution in [2.75, 3.05) is 20.6 Å². The van der Waals surface area contributed by atoms with Crippen molar-refractivity contribution in [2.45, 2.75) is 19.8 Å². The van der Waals surface area contributed by atoms with Crippen molar-refractivity contribution >= 4 is 17.4 Å². The summed E-state index contributed by atoms with van der Waals surface area (Å²) in [4.78, 5) is 23.6. The van der Waals surface area contributed by atoms with E-state index in [1.807, 2.05) is 62.8 Å². The molecule has 0 radical (unpaired) electrons. The predicted octanol–water partition coefficient (Wildman–Crippen LogP) is 6.09. The second-order valence-electron chi connectivity index (χ2n) is 8.37. The van der Waals surface area contributed by atoms with Gasteiger partial charge in [-0.15, -0.1) is 0 Å². The summed E-state index contributed by atoms with van der Waals surface area (Å²) in [5.74, 6) is 0.122. The molecule has 33 heavy (non-hydrogen) atoms. The van der Waals surface area contributed by atoms with Gasteiger partial charge >= 0.3 is 0 Å². The largest absolute Gasteiger partial charge is 0.309 e. The molecule has 1 aromatic carbocycles. The topological polar surface area (TPSA) is 51.0 Å². The Morgan fingerprint density at radius 2 is 1.73 bits per heavy atom. The summed E-state index contributed by atoms with van der Waals surface area (Å²) >= 11 is 6.11. The average molecular weight is 459 g/mol. The molecule has 4 aromatic rings. The van der Waals surface area contributed by atoms with Crippen LogP contribution in [-0.2, 0) is 0 Å². The number of benzene rings is 1. The smallest absolute Gasteiger partial charge is 0.164 e. The van der Waals surface area contributed by atoms with Gasteiger partial charge in [-0.1, -0.05) is 23.7 Å². The normalized spacial score (nSPS) is 11.2. The van der Waals surface area contributed by atoms with Crippen LogP contribution in [-0.4, -0.2) is 45.9 Å². The lowest BCUT2D eigenvalue weighted by atomic mass is 10.1. The zero-order valence-corrected chi connectivity index (χ0v) is 19.9. The molecular formula is C27H27ClN4O. The van der Waals surface area contributed by atoms with Crippen LogP contribution in [0.2, 0.25) is 5.02 Å². The van der Waals surface area contributed by atoms with E-state index in [-0.39, 0.29) is 5.78 Å². The Labute approximate surface area is 199 Å². The number of hydrogen-bond acceptors (Lipinski definition) is 4. The highest BCUT2D eigenvalue weighted by Gasteiger charge is 2.17. The Hall–Kier alpha value is -3.28. The van der Waals surface area contributed by atoms with Gasteiger partial charge in [-0.25, -0.2) is 0 Å². The van der Waals surface area contributed by atoms with Crippen molar-refractivity contribution in [3.8, 4) is 28.3 Å². The second-order valence-corrected chi connectivity index (χ2v) is 8.81. The predicted molar refractivity (Wildman–Crippen MR) is 134 cm³/mol. The lowest BCUT2D eigenvalue weighted by Crippen LogP contribution is -2.14. The fourth-order valence-electron chi connectivity index (χ4n) is 3.84. The minimum Gasteiger partial charge on any atom is -0.309 e. The van der Waals surface area contributed by atoms with Crippen molar-refractivity contribution in [1.82, 2.24) is 19.4 Å². The van der Waals surface area contributed by atoms with E-state index in [9.17, 15) is 4.79 Å². The average Bonchev–Trinajstić information content (AvgIpc) is 3.24. The summed E-state index contributed by atoms with van der Waals surface area (Å²) in [6, 6.07) is 17.7. The fourth-order valence-corrected chi connectivity index (χ4v) is 3.97. The Morgan fingerprint density at radius 1 is 0.970 bits per heavy atom. The van der Waals surface area contributed by atoms with Crippen molar-refractivity contribution in [3.05, 3.63) is 89.3 Å². The Bertz CT molecular complexity index is 1240. The van der Waals surface area contributed by atoms with E-state index in [0.29, 0.717) is 17.0 Å². The van der Waals surface area contributed by atoms with Crippen LogP contribution in [0.1, 0.15) is 28.8 Å². The van der Waals surface area contributed by atoms with Crippen LogP contribution in [0, 0.1) is 6.92 Å². The third-order valence-corrected chi connectivity index (χ3v) is 5.88. The first kappa shape index (κ1) is 22.9. The highest BCUT2D eigenvalue weighted by molar-refractivity contribution is 6.30. The monoisotopic (exact) mass is 458 g/mol. The zero-order valence-electron chi connectivity index (χ0n) is 19.1. The summed E-state index contributed by atoms with van der Waals surface area (Å²) in [5, 5.41) is 0.696. The molecule has 6 heteroatoms. The van der Waals surface area contributed by atoms with Crippen LogP contribution in [0.25, 0.3) is 28.3 Å². The zero-order chi connectivity index (χ0) is 23.4. The van der Waals surface area contributed by atoms with Crippen LogP contribution in [0.15, 0.2) is 73.2 Å². The van der Waals surface area contributed by atoms with Gasteiger partial charge in [-0.3, -0.25) is 14.8 Å². The SMILES string of the molecule is Cc1ccncc1-n1c(-c2ccc(Cl)cc2)ccc1-c1ccc(C(=O)CCCN(C)C)cn1. The second kappa shape index (κ2) is 10.1. The van der Waals surface area contributed by atoms with Crippen LogP contribution >= 0.6 is 11.6 Å². The third-order valence-electron chi connectivity index (χ3n) is 5.63. The summed E-state index contributed by atoms with van der Waals surface area (Å²) in [6.45, 7) is 2.96. The molecule has 0 atom stereocenters. The standard InChI is InChI=1S/C27H27ClN4O/c1-19-14-15-29-18-26(19)32-24(20-6-9-22(28)10-7-20)12-13-25(32)23-11-8-21(17-30-23)27(33)5-4-16-31(2)3/h6-15,17-18H,4-5,16H2,1-3H3. The summed E-state index contributed by atoms with van der Waals surface area (Å²) < 4.78 is 2.16. The number of Topliss-reactive ketones (excluding diaryl/α,β-unsaturated/α-hetero) is 1. The molecule has 0 unspecified atom stereocenters. The maximum Gasteiger partial charge on any atom is 0.164 e. The first-order valence-corrected chi connectivity index (χ1v) is 11.3. The number of pyridine rings is 2. The summed E-state index contributed by atoms with van der Waals surface area (Å²) in [6.07, 6.45) is 6.69. The lowest BCUT2D eigenvalue weighted by molar-refractivity contribution is 0.0977. The van der Waals surface area contributed by atoms with E-state index in [2.05, 4.69) is 38.5 Å². The molecule has 5 nitrogen and oxygen atoms in total. The number of halogens is 1. The number of rotatable bonds is 8. The maximum atomic E-state index is 12.5. The molecule has 0 N–H and O–H groups in total. The highest BCUT2D eigenvalue weighted by atomic mass is 35.5. The Morgan fingerprint density at radius 3 is 2.39 bits per heavy atom. The van der Waals surface area contributed by atoms with Crippen molar-refractivity contribution in [1.29, 1.82) is 0 Å². The third kappa shape index (κ3) is 5.21. The summed E-state index contributed by atoms with van der Waals surface area (Å²) in [5.41, 5.74) is 6.51. The minimum absolute atomic E-state index is 0.122. The van der Waals surface area contributed by atoms with E-state index in [1.165, 1.54) is 0 Å². The molecule has 168 valence electrons. The number of hydrogen-bond donors (Lipinski definition) is 0. The molecule has 0 saturated carbocycles. The number of aromatic nitrogens is 3. The number of carbonyl (C=O) groups is 1. The van der Waals surface area contributed by atoms with E-state index >= 15 is 0 Å². The first-order valence-electron chi connectivity index (χ1n) is 11.0. The van der Waals surface area contributed by atoms with Gasteiger partial charge in [0.25, 0.3) is 0 Å². The first-order chi connectivity index (χ1) is 15.9. The van der Waals surface area contributed by atoms with Crippen LogP contribution in [0.5, 0.6) is 0 Å². The van der Waals surface area contributed by atoms with Crippen molar-refractivity contribution in [2.24, 2.45) is 0 Å². The van der Waals surface area contributed by atoms with Gasteiger partial charge in [0, 0.05) is 29.4 Å². The molecule has 0 aliphatic carbocycles. The number of ketones is 1. The van der Waals surface area contributed by atoms with Crippen LogP contribution < -0.4 is 0 Å². The molecule has 3 heterocycles. The van der Waals surface area contributed by atoms with Gasteiger partial charge in [0.2, 0.25) is 0 Å². The van der Waals surface area contributed by atoms with E-state index in [1.54, 1.807) is 12.4 Å². The van der Waals surface area contributed by atoms with Crippen LogP contribution in [0.4, 0.5) is 0 Å². The molecular weight excluding hydrogens is 432 g/mol. The number of nitrogens with zero attached hydrogens (tertiary/aromatic N) is 4. The van der Waals surface area contributed by atoms with Gasteiger partial charge in [-0.05, 0) is 87.6 Å². The molecule has 3 aromatic heterocycles. The van der Waals surface area contributed by atoms with Crippen LogP contribution in [0.3, 0.4) is 0 Å². The van der Waals surface area contributed by atoms with Crippen molar-refractivity contribution in [3.63, 3.8) is 0 Å². The van der Waals surface area contributed by atoms with E-state index < -0.39 is 0 Å². The lowest BCUT2D eigenvalue weighted by Gasteiger charge is -2.16. The molecule has 4 rings (SSSR count). The molecule has 0 saturated heterocycles. The number of carbonyl (C=O) groups excluding carboxylic acids is 1. The minimum atomic E-state index is 0.122. The molecule has 0 spiro atoms. The maximum absolute atomic E-state index is 12.5. The van der Waals surface area contributed by atoms with Gasteiger partial charge in [-0.2, -0.15) is 0 Å². The van der Waals surface area contributed by atoms with Gasteiger partial charge in [0.1, 0.15) is 0 Å². The Balaban J connectivity index is 1.71. The molecule has 0 aliphatic heterocycles. The van der Waals surface area contributed by atoms with E-state index in [4.69, 9.17) is 11.6 Å². The van der Waals surface area contributed by atoms with Gasteiger partial charge in [0.15, 0.2) is 5.78 Å². The molecule has 0 bridgehead atoms. The van der Waals surface area contributed by atoms with Gasteiger partial charge < -0.3 is 9.47 Å².